The third-order valence-corrected chi connectivity index (χ3v) is 1.95. The van der Waals surface area contributed by atoms with Crippen molar-refractivity contribution in [1.82, 2.24) is 10.2 Å². The molecule has 1 atom stereocenters. The molecular weight excluding hydrogens is 172 g/mol. The van der Waals surface area contributed by atoms with Gasteiger partial charge in [-0.1, -0.05) is 6.92 Å². The number of nitrogens with zero attached hydrogens (tertiary/aromatic N) is 1. The van der Waals surface area contributed by atoms with Crippen LogP contribution in [0.15, 0.2) is 0 Å². The zero-order valence-electron chi connectivity index (χ0n) is 7.33. The van der Waals surface area contributed by atoms with E-state index in [1.165, 1.54) is 4.90 Å². The molecular formula is C7H12N4O2. The lowest BCUT2D eigenvalue weighted by atomic mass is 10.1. The van der Waals surface area contributed by atoms with Crippen LogP contribution >= 0.6 is 0 Å². The van der Waals surface area contributed by atoms with Crippen molar-refractivity contribution in [2.45, 2.75) is 19.4 Å². The summed E-state index contributed by atoms with van der Waals surface area (Å²) in [6.07, 6.45) is 0.526. The van der Waals surface area contributed by atoms with Gasteiger partial charge in [0.2, 0.25) is 11.8 Å². The molecule has 0 spiro atoms. The molecule has 0 aromatic rings. The smallest absolute Gasteiger partial charge is 0.249 e. The summed E-state index contributed by atoms with van der Waals surface area (Å²) in [7, 11) is 0. The molecule has 1 heterocycles. The zero-order valence-corrected chi connectivity index (χ0v) is 7.33. The normalized spacial score (nSPS) is 22.8. The van der Waals surface area contributed by atoms with Gasteiger partial charge in [-0.05, 0) is 6.42 Å². The molecule has 1 aliphatic heterocycles. The van der Waals surface area contributed by atoms with Crippen molar-refractivity contribution in [2.24, 2.45) is 5.73 Å². The van der Waals surface area contributed by atoms with Crippen LogP contribution in [0.5, 0.6) is 0 Å². The molecule has 72 valence electrons. The molecule has 4 N–H and O–H groups in total. The van der Waals surface area contributed by atoms with E-state index < -0.39 is 11.9 Å². The molecule has 1 aliphatic rings. The van der Waals surface area contributed by atoms with Crippen LogP contribution in [0, 0.1) is 5.41 Å². The second-order valence-corrected chi connectivity index (χ2v) is 2.85. The number of hydrogen-bond donors (Lipinski definition) is 3. The molecule has 2 amide bonds. The molecule has 1 fully saturated rings. The van der Waals surface area contributed by atoms with Crippen LogP contribution in [0.2, 0.25) is 0 Å². The number of hydrogen-bond acceptors (Lipinski definition) is 3. The summed E-state index contributed by atoms with van der Waals surface area (Å²) in [6.45, 7) is 1.79. The predicted molar refractivity (Wildman–Crippen MR) is 45.8 cm³/mol. The standard InChI is InChI=1S/C7H12N4O2/c1-2-4-6(13)10-5(12)3-11(4)7(8)9/h4H,2-3H2,1H3,(H3,8,9)(H,10,12,13). The van der Waals surface area contributed by atoms with Crippen LogP contribution < -0.4 is 11.1 Å². The molecule has 0 radical (unpaired) electrons. The maximum absolute atomic E-state index is 11.2. The first kappa shape index (κ1) is 9.50. The molecule has 0 saturated carbocycles. The largest absolute Gasteiger partial charge is 0.370 e. The summed E-state index contributed by atoms with van der Waals surface area (Å²) in [4.78, 5) is 23.4. The lowest BCUT2D eigenvalue weighted by Gasteiger charge is -2.33. The van der Waals surface area contributed by atoms with E-state index >= 15 is 0 Å². The Labute approximate surface area is 75.6 Å². The number of imide groups is 1. The summed E-state index contributed by atoms with van der Waals surface area (Å²) in [6, 6.07) is -0.491. The molecule has 0 aliphatic carbocycles. The van der Waals surface area contributed by atoms with Crippen LogP contribution in [0.4, 0.5) is 0 Å². The van der Waals surface area contributed by atoms with Crippen molar-refractivity contribution in [3.05, 3.63) is 0 Å². The highest BCUT2D eigenvalue weighted by Crippen LogP contribution is 2.07. The Hall–Kier alpha value is -1.59. The summed E-state index contributed by atoms with van der Waals surface area (Å²) in [5.41, 5.74) is 5.23. The Balaban J connectivity index is 2.83. The second kappa shape index (κ2) is 3.42. The first-order valence-electron chi connectivity index (χ1n) is 4.00. The van der Waals surface area contributed by atoms with E-state index in [9.17, 15) is 9.59 Å². The number of nitrogens with two attached hydrogens (primary N) is 1. The molecule has 0 aromatic carbocycles. The van der Waals surface area contributed by atoms with Gasteiger partial charge < -0.3 is 10.6 Å². The minimum atomic E-state index is -0.491. The van der Waals surface area contributed by atoms with Gasteiger partial charge >= 0.3 is 0 Å². The third-order valence-electron chi connectivity index (χ3n) is 1.95. The zero-order chi connectivity index (χ0) is 10.0. The highest BCUT2D eigenvalue weighted by molar-refractivity contribution is 6.04. The van der Waals surface area contributed by atoms with Crippen LogP contribution in [0.25, 0.3) is 0 Å². The fourth-order valence-electron chi connectivity index (χ4n) is 1.33. The average Bonchev–Trinajstić information content (AvgIpc) is 2.02. The average molecular weight is 184 g/mol. The van der Waals surface area contributed by atoms with Crippen LogP contribution in [0.3, 0.4) is 0 Å². The number of carbonyl (C=O) groups is 2. The minimum Gasteiger partial charge on any atom is -0.370 e. The summed E-state index contributed by atoms with van der Waals surface area (Å²) in [5, 5.41) is 9.37. The predicted octanol–water partition coefficient (Wildman–Crippen LogP) is -1.38. The van der Waals surface area contributed by atoms with Gasteiger partial charge in [-0.15, -0.1) is 0 Å². The van der Waals surface area contributed by atoms with E-state index in [-0.39, 0.29) is 18.4 Å². The maximum atomic E-state index is 11.2. The van der Waals surface area contributed by atoms with E-state index in [1.807, 2.05) is 0 Å². The van der Waals surface area contributed by atoms with Gasteiger partial charge in [0.25, 0.3) is 0 Å². The van der Waals surface area contributed by atoms with Crippen molar-refractivity contribution in [3.8, 4) is 0 Å². The Morgan fingerprint density at radius 1 is 1.77 bits per heavy atom. The quantitative estimate of drug-likeness (QED) is 0.265. The Morgan fingerprint density at radius 2 is 2.38 bits per heavy atom. The van der Waals surface area contributed by atoms with E-state index in [4.69, 9.17) is 11.1 Å². The Morgan fingerprint density at radius 3 is 2.85 bits per heavy atom. The first-order valence-corrected chi connectivity index (χ1v) is 4.00. The lowest BCUT2D eigenvalue weighted by molar-refractivity contribution is -0.137. The van der Waals surface area contributed by atoms with Crippen molar-refractivity contribution in [1.29, 1.82) is 5.41 Å². The first-order chi connectivity index (χ1) is 6.06. The number of guanidine groups is 1. The Kier molecular flexibility index (Phi) is 2.50. The van der Waals surface area contributed by atoms with Gasteiger partial charge in [0.1, 0.15) is 12.6 Å². The molecule has 13 heavy (non-hydrogen) atoms. The number of carbonyl (C=O) groups excluding carboxylic acids is 2. The van der Waals surface area contributed by atoms with Crippen molar-refractivity contribution < 1.29 is 9.59 Å². The molecule has 1 unspecified atom stereocenters. The van der Waals surface area contributed by atoms with E-state index in [2.05, 4.69) is 5.32 Å². The summed E-state index contributed by atoms with van der Waals surface area (Å²) >= 11 is 0. The second-order valence-electron chi connectivity index (χ2n) is 2.85. The van der Waals surface area contributed by atoms with Gasteiger partial charge in [0.15, 0.2) is 5.96 Å². The van der Waals surface area contributed by atoms with Gasteiger partial charge in [0, 0.05) is 0 Å². The minimum absolute atomic E-state index is 0.0143. The molecule has 0 bridgehead atoms. The van der Waals surface area contributed by atoms with Crippen LogP contribution in [0.1, 0.15) is 13.3 Å². The molecule has 6 nitrogen and oxygen atoms in total. The van der Waals surface area contributed by atoms with Gasteiger partial charge in [0.05, 0.1) is 0 Å². The number of amides is 2. The molecule has 1 rings (SSSR count). The van der Waals surface area contributed by atoms with E-state index in [0.717, 1.165) is 0 Å². The topological polar surface area (TPSA) is 99.3 Å². The highest BCUT2D eigenvalue weighted by atomic mass is 16.2. The molecule has 0 aromatic heterocycles. The maximum Gasteiger partial charge on any atom is 0.249 e. The summed E-state index contributed by atoms with van der Waals surface area (Å²) in [5.74, 6) is -1.03. The van der Waals surface area contributed by atoms with Crippen LogP contribution in [-0.2, 0) is 9.59 Å². The van der Waals surface area contributed by atoms with Gasteiger partial charge in [-0.25, -0.2) is 0 Å². The summed E-state index contributed by atoms with van der Waals surface area (Å²) < 4.78 is 0. The third kappa shape index (κ3) is 1.77. The number of rotatable bonds is 1. The van der Waals surface area contributed by atoms with Crippen molar-refractivity contribution in [2.75, 3.05) is 6.54 Å². The van der Waals surface area contributed by atoms with Gasteiger partial charge in [-0.2, -0.15) is 0 Å². The number of piperazine rings is 1. The van der Waals surface area contributed by atoms with E-state index in [1.54, 1.807) is 6.92 Å². The highest BCUT2D eigenvalue weighted by Gasteiger charge is 2.32. The van der Waals surface area contributed by atoms with Gasteiger partial charge in [-0.3, -0.25) is 20.3 Å². The van der Waals surface area contributed by atoms with Crippen LogP contribution in [-0.4, -0.2) is 35.3 Å². The molecule has 1 saturated heterocycles. The SMILES string of the molecule is CCC1C(=O)NC(=O)CN1C(=N)N. The lowest BCUT2D eigenvalue weighted by Crippen LogP contribution is -2.60. The number of nitrogens with one attached hydrogen (secondary N) is 2. The monoisotopic (exact) mass is 184 g/mol. The van der Waals surface area contributed by atoms with Crippen molar-refractivity contribution >= 4 is 17.8 Å². The fraction of sp³-hybridized carbons (Fsp3) is 0.571. The van der Waals surface area contributed by atoms with Crippen molar-refractivity contribution in [3.63, 3.8) is 0 Å². The van der Waals surface area contributed by atoms with E-state index in [0.29, 0.717) is 6.42 Å². The fourth-order valence-corrected chi connectivity index (χ4v) is 1.33. The Bertz CT molecular complexity index is 263. The molecule has 6 heteroatoms.